The Morgan fingerprint density at radius 1 is 1.11 bits per heavy atom. The summed E-state index contributed by atoms with van der Waals surface area (Å²) in [5, 5.41) is 1.88. The molecule has 0 spiro atoms. The molecule has 98 valence electrons. The minimum absolute atomic E-state index is 0.199. The molecular formula is C15H12ClFS2. The van der Waals surface area contributed by atoms with Gasteiger partial charge < -0.3 is 0 Å². The maximum absolute atomic E-state index is 13.4. The van der Waals surface area contributed by atoms with Crippen molar-refractivity contribution in [3.05, 3.63) is 57.0 Å². The van der Waals surface area contributed by atoms with E-state index < -0.39 is 0 Å². The van der Waals surface area contributed by atoms with Gasteiger partial charge in [0.15, 0.2) is 0 Å². The van der Waals surface area contributed by atoms with Crippen molar-refractivity contribution in [2.45, 2.75) is 19.2 Å². The van der Waals surface area contributed by atoms with Crippen LogP contribution in [0, 0.1) is 19.7 Å². The number of thiophene rings is 2. The summed E-state index contributed by atoms with van der Waals surface area (Å²) in [4.78, 5) is 1.13. The van der Waals surface area contributed by atoms with Crippen molar-refractivity contribution in [2.24, 2.45) is 0 Å². The maximum atomic E-state index is 13.4. The van der Waals surface area contributed by atoms with Gasteiger partial charge in [0.25, 0.3) is 0 Å². The smallest absolute Gasteiger partial charge is 0.123 e. The molecule has 0 aliphatic carbocycles. The third kappa shape index (κ3) is 2.31. The zero-order chi connectivity index (χ0) is 13.6. The van der Waals surface area contributed by atoms with E-state index in [1.165, 1.54) is 9.40 Å². The van der Waals surface area contributed by atoms with Gasteiger partial charge in [0.1, 0.15) is 5.82 Å². The number of alkyl halides is 1. The van der Waals surface area contributed by atoms with E-state index in [1.807, 2.05) is 13.8 Å². The summed E-state index contributed by atoms with van der Waals surface area (Å²) in [7, 11) is 0. The maximum Gasteiger partial charge on any atom is 0.123 e. The Labute approximate surface area is 124 Å². The van der Waals surface area contributed by atoms with Crippen molar-refractivity contribution in [3.63, 3.8) is 0 Å². The summed E-state index contributed by atoms with van der Waals surface area (Å²) in [5.41, 5.74) is 2.85. The van der Waals surface area contributed by atoms with Gasteiger partial charge in [-0.05, 0) is 60.2 Å². The van der Waals surface area contributed by atoms with Crippen molar-refractivity contribution >= 4 is 43.7 Å². The molecule has 19 heavy (non-hydrogen) atoms. The molecular weight excluding hydrogens is 299 g/mol. The molecule has 0 radical (unpaired) electrons. The van der Waals surface area contributed by atoms with Gasteiger partial charge in [0.2, 0.25) is 0 Å². The molecule has 2 aromatic heterocycles. The lowest BCUT2D eigenvalue weighted by Gasteiger charge is -2.14. The molecule has 0 aliphatic rings. The van der Waals surface area contributed by atoms with Crippen LogP contribution < -0.4 is 0 Å². The third-order valence-electron chi connectivity index (χ3n) is 3.22. The molecule has 1 unspecified atom stereocenters. The van der Waals surface area contributed by atoms with Gasteiger partial charge >= 0.3 is 0 Å². The van der Waals surface area contributed by atoms with Crippen molar-refractivity contribution in [1.29, 1.82) is 0 Å². The number of halogens is 2. The van der Waals surface area contributed by atoms with Crippen LogP contribution in [0.3, 0.4) is 0 Å². The predicted octanol–water partition coefficient (Wildman–Crippen LogP) is 6.05. The van der Waals surface area contributed by atoms with E-state index in [-0.39, 0.29) is 11.2 Å². The number of rotatable bonds is 2. The van der Waals surface area contributed by atoms with E-state index in [2.05, 4.69) is 17.5 Å². The van der Waals surface area contributed by atoms with Crippen molar-refractivity contribution in [1.82, 2.24) is 0 Å². The van der Waals surface area contributed by atoms with Gasteiger partial charge in [-0.2, -0.15) is 0 Å². The fraction of sp³-hybridized carbons (Fsp3) is 0.200. The van der Waals surface area contributed by atoms with E-state index in [4.69, 9.17) is 11.6 Å². The molecule has 0 nitrogen and oxygen atoms in total. The van der Waals surface area contributed by atoms with Crippen LogP contribution in [-0.2, 0) is 0 Å². The molecule has 0 N–H and O–H groups in total. The van der Waals surface area contributed by atoms with Crippen molar-refractivity contribution in [3.8, 4) is 0 Å². The van der Waals surface area contributed by atoms with Crippen LogP contribution in [0.15, 0.2) is 29.6 Å². The van der Waals surface area contributed by atoms with Crippen LogP contribution in [0.1, 0.15) is 26.9 Å². The monoisotopic (exact) mass is 310 g/mol. The zero-order valence-electron chi connectivity index (χ0n) is 10.5. The van der Waals surface area contributed by atoms with E-state index in [9.17, 15) is 4.39 Å². The summed E-state index contributed by atoms with van der Waals surface area (Å²) in [6, 6.07) is 7.36. The second kappa shape index (κ2) is 4.89. The minimum atomic E-state index is -0.204. The molecule has 1 atom stereocenters. The number of aryl methyl sites for hydroxylation is 2. The van der Waals surface area contributed by atoms with Gasteiger partial charge in [-0.3, -0.25) is 0 Å². The molecule has 2 heterocycles. The molecule has 3 rings (SSSR count). The van der Waals surface area contributed by atoms with E-state index in [1.54, 1.807) is 34.8 Å². The lowest BCUT2D eigenvalue weighted by molar-refractivity contribution is 0.624. The Hall–Kier alpha value is -0.900. The first kappa shape index (κ1) is 13.1. The molecule has 0 aliphatic heterocycles. The van der Waals surface area contributed by atoms with Crippen LogP contribution in [0.4, 0.5) is 4.39 Å². The standard InChI is InChI=1S/C15H12ClFS2/c1-8-5-10(17)6-9(2)14(8)15(16)13-7-12-11(19-13)3-4-18-12/h3-7,15H,1-2H3. The van der Waals surface area contributed by atoms with Crippen molar-refractivity contribution < 1.29 is 4.39 Å². The van der Waals surface area contributed by atoms with Gasteiger partial charge in [0.05, 0.1) is 5.38 Å². The second-order valence-electron chi connectivity index (χ2n) is 4.61. The first-order valence-corrected chi connectivity index (χ1v) is 8.07. The van der Waals surface area contributed by atoms with Crippen LogP contribution in [-0.4, -0.2) is 0 Å². The lowest BCUT2D eigenvalue weighted by Crippen LogP contribution is -1.99. The summed E-state index contributed by atoms with van der Waals surface area (Å²) in [6.45, 7) is 3.83. The third-order valence-corrected chi connectivity index (χ3v) is 5.96. The average Bonchev–Trinajstić information content (AvgIpc) is 2.86. The molecule has 0 amide bonds. The lowest BCUT2D eigenvalue weighted by atomic mass is 9.99. The van der Waals surface area contributed by atoms with E-state index >= 15 is 0 Å². The molecule has 0 bridgehead atoms. The van der Waals surface area contributed by atoms with Gasteiger partial charge in [-0.15, -0.1) is 34.3 Å². The molecule has 3 aromatic rings. The normalized spacial score (nSPS) is 13.1. The average molecular weight is 311 g/mol. The topological polar surface area (TPSA) is 0 Å². The van der Waals surface area contributed by atoms with Crippen LogP contribution in [0.2, 0.25) is 0 Å². The highest BCUT2D eigenvalue weighted by Crippen LogP contribution is 2.41. The summed E-state index contributed by atoms with van der Waals surface area (Å²) in [5.74, 6) is -0.199. The fourth-order valence-corrected chi connectivity index (χ4v) is 5.02. The highest BCUT2D eigenvalue weighted by Gasteiger charge is 2.19. The van der Waals surface area contributed by atoms with Crippen LogP contribution in [0.5, 0.6) is 0 Å². The molecule has 0 saturated heterocycles. The summed E-state index contributed by atoms with van der Waals surface area (Å²) < 4.78 is 15.9. The van der Waals surface area contributed by atoms with Gasteiger partial charge in [0, 0.05) is 14.3 Å². The Balaban J connectivity index is 2.09. The first-order chi connectivity index (χ1) is 9.06. The van der Waals surface area contributed by atoms with E-state index in [0.29, 0.717) is 0 Å². The predicted molar refractivity (Wildman–Crippen MR) is 83.3 cm³/mol. The Kier molecular flexibility index (Phi) is 3.37. The van der Waals surface area contributed by atoms with Crippen LogP contribution in [0.25, 0.3) is 9.40 Å². The molecule has 0 fully saturated rings. The number of benzene rings is 1. The summed E-state index contributed by atoms with van der Waals surface area (Å²) >= 11 is 10.1. The largest absolute Gasteiger partial charge is 0.207 e. The Bertz CT molecular complexity index is 690. The highest BCUT2D eigenvalue weighted by atomic mass is 35.5. The second-order valence-corrected chi connectivity index (χ2v) is 7.11. The first-order valence-electron chi connectivity index (χ1n) is 5.94. The number of hydrogen-bond donors (Lipinski definition) is 0. The minimum Gasteiger partial charge on any atom is -0.207 e. The molecule has 1 aromatic carbocycles. The number of hydrogen-bond acceptors (Lipinski definition) is 2. The molecule has 0 saturated carbocycles. The van der Waals surface area contributed by atoms with Gasteiger partial charge in [-0.25, -0.2) is 4.39 Å². The van der Waals surface area contributed by atoms with Crippen molar-refractivity contribution in [2.75, 3.05) is 0 Å². The summed E-state index contributed by atoms with van der Waals surface area (Å²) in [6.07, 6.45) is 0. The Morgan fingerprint density at radius 3 is 2.42 bits per heavy atom. The quantitative estimate of drug-likeness (QED) is 0.506. The van der Waals surface area contributed by atoms with E-state index in [0.717, 1.165) is 21.6 Å². The zero-order valence-corrected chi connectivity index (χ0v) is 12.9. The fourth-order valence-electron chi connectivity index (χ4n) is 2.37. The molecule has 4 heteroatoms. The number of fused-ring (bicyclic) bond motifs is 1. The Morgan fingerprint density at radius 2 is 1.79 bits per heavy atom. The SMILES string of the molecule is Cc1cc(F)cc(C)c1C(Cl)c1cc2sccc2s1. The van der Waals surface area contributed by atoms with Gasteiger partial charge in [-0.1, -0.05) is 0 Å². The highest BCUT2D eigenvalue weighted by molar-refractivity contribution is 7.27. The van der Waals surface area contributed by atoms with Crippen LogP contribution >= 0.6 is 34.3 Å².